The first-order chi connectivity index (χ1) is 4.66. The second-order valence-corrected chi connectivity index (χ2v) is 3.16. The first-order valence-electron chi connectivity index (χ1n) is 3.89. The molecule has 10 heavy (non-hydrogen) atoms. The number of methoxy groups -OCH3 is 1. The molecule has 1 atom stereocenters. The molecule has 1 N–H and O–H groups in total. The highest BCUT2D eigenvalue weighted by atomic mass is 16.5. The van der Waals surface area contributed by atoms with Crippen molar-refractivity contribution >= 4 is 0 Å². The van der Waals surface area contributed by atoms with Gasteiger partial charge in [0.25, 0.3) is 0 Å². The van der Waals surface area contributed by atoms with Crippen LogP contribution >= 0.6 is 0 Å². The third-order valence-electron chi connectivity index (χ3n) is 1.29. The van der Waals surface area contributed by atoms with Gasteiger partial charge in [-0.25, -0.2) is 0 Å². The maximum atomic E-state index is 4.97. The average molecular weight is 145 g/mol. The summed E-state index contributed by atoms with van der Waals surface area (Å²) < 4.78 is 4.97. The van der Waals surface area contributed by atoms with Gasteiger partial charge >= 0.3 is 0 Å². The molecule has 0 radical (unpaired) electrons. The van der Waals surface area contributed by atoms with Crippen LogP contribution in [0.2, 0.25) is 0 Å². The molecule has 0 spiro atoms. The fourth-order valence-electron chi connectivity index (χ4n) is 0.746. The summed E-state index contributed by atoms with van der Waals surface area (Å²) in [7, 11) is 1.73. The van der Waals surface area contributed by atoms with Gasteiger partial charge in [0.15, 0.2) is 0 Å². The summed E-state index contributed by atoms with van der Waals surface area (Å²) in [5, 5.41) is 3.36. The van der Waals surface area contributed by atoms with E-state index in [1.807, 2.05) is 0 Å². The van der Waals surface area contributed by atoms with Crippen molar-refractivity contribution in [3.05, 3.63) is 0 Å². The van der Waals surface area contributed by atoms with Gasteiger partial charge in [-0.05, 0) is 19.4 Å². The Morgan fingerprint density at radius 1 is 1.30 bits per heavy atom. The first-order valence-corrected chi connectivity index (χ1v) is 3.89. The van der Waals surface area contributed by atoms with Crippen LogP contribution in [0, 0.1) is 5.92 Å². The monoisotopic (exact) mass is 145 g/mol. The van der Waals surface area contributed by atoms with Crippen LogP contribution in [0.5, 0.6) is 0 Å². The minimum absolute atomic E-state index is 0.479. The smallest absolute Gasteiger partial charge is 0.0613 e. The van der Waals surface area contributed by atoms with Crippen molar-refractivity contribution < 1.29 is 4.74 Å². The summed E-state index contributed by atoms with van der Waals surface area (Å²) in [6, 6.07) is 0.479. The van der Waals surface area contributed by atoms with Gasteiger partial charge in [-0.2, -0.15) is 0 Å². The van der Waals surface area contributed by atoms with Crippen molar-refractivity contribution in [2.24, 2.45) is 5.92 Å². The van der Waals surface area contributed by atoms with E-state index in [4.69, 9.17) is 4.74 Å². The van der Waals surface area contributed by atoms with Gasteiger partial charge in [0.1, 0.15) is 0 Å². The number of rotatable bonds is 5. The number of nitrogens with one attached hydrogen (secondary N) is 1. The molecule has 0 heterocycles. The molecule has 0 aliphatic rings. The van der Waals surface area contributed by atoms with E-state index in [0.29, 0.717) is 6.04 Å². The zero-order valence-electron chi connectivity index (χ0n) is 7.48. The highest BCUT2D eigenvalue weighted by Crippen LogP contribution is 1.89. The Labute approximate surface area is 64.0 Å². The SMILES string of the molecule is COC[C@H](C)NCC(C)C. The van der Waals surface area contributed by atoms with Gasteiger partial charge < -0.3 is 10.1 Å². The van der Waals surface area contributed by atoms with Gasteiger partial charge in [-0.1, -0.05) is 13.8 Å². The van der Waals surface area contributed by atoms with Crippen molar-refractivity contribution in [1.29, 1.82) is 0 Å². The summed E-state index contributed by atoms with van der Waals surface area (Å²) >= 11 is 0. The molecule has 62 valence electrons. The maximum Gasteiger partial charge on any atom is 0.0613 e. The second kappa shape index (κ2) is 5.69. The molecule has 0 aliphatic heterocycles. The minimum Gasteiger partial charge on any atom is -0.383 e. The molecule has 0 saturated heterocycles. The Morgan fingerprint density at radius 3 is 2.30 bits per heavy atom. The standard InChI is InChI=1S/C8H19NO/c1-7(2)5-9-8(3)6-10-4/h7-9H,5-6H2,1-4H3/t8-/m0/s1. The van der Waals surface area contributed by atoms with Crippen LogP contribution in [0.3, 0.4) is 0 Å². The van der Waals surface area contributed by atoms with Gasteiger partial charge in [0.2, 0.25) is 0 Å². The summed E-state index contributed by atoms with van der Waals surface area (Å²) in [4.78, 5) is 0. The molecular formula is C8H19NO. The Morgan fingerprint density at radius 2 is 1.90 bits per heavy atom. The van der Waals surface area contributed by atoms with E-state index in [0.717, 1.165) is 19.1 Å². The summed E-state index contributed by atoms with van der Waals surface area (Å²) in [6.45, 7) is 8.40. The van der Waals surface area contributed by atoms with Crippen LogP contribution in [-0.2, 0) is 4.74 Å². The lowest BCUT2D eigenvalue weighted by molar-refractivity contribution is 0.171. The summed E-state index contributed by atoms with van der Waals surface area (Å²) in [5.74, 6) is 0.722. The highest BCUT2D eigenvalue weighted by Gasteiger charge is 1.99. The topological polar surface area (TPSA) is 21.3 Å². The molecule has 0 bridgehead atoms. The van der Waals surface area contributed by atoms with Crippen molar-refractivity contribution in [2.75, 3.05) is 20.3 Å². The van der Waals surface area contributed by atoms with Crippen molar-refractivity contribution in [3.8, 4) is 0 Å². The van der Waals surface area contributed by atoms with Crippen LogP contribution in [0.4, 0.5) is 0 Å². The third kappa shape index (κ3) is 6.05. The molecule has 0 fully saturated rings. The second-order valence-electron chi connectivity index (χ2n) is 3.16. The number of hydrogen-bond acceptors (Lipinski definition) is 2. The van der Waals surface area contributed by atoms with E-state index in [1.54, 1.807) is 7.11 Å². The molecule has 0 aliphatic carbocycles. The fraction of sp³-hybridized carbons (Fsp3) is 1.00. The average Bonchev–Trinajstić information content (AvgIpc) is 1.85. The minimum atomic E-state index is 0.479. The predicted molar refractivity (Wildman–Crippen MR) is 44.2 cm³/mol. The lowest BCUT2D eigenvalue weighted by Crippen LogP contribution is -2.32. The number of ether oxygens (including phenoxy) is 1. The van der Waals surface area contributed by atoms with Gasteiger partial charge in [-0.15, -0.1) is 0 Å². The Balaban J connectivity index is 3.12. The van der Waals surface area contributed by atoms with Crippen LogP contribution in [-0.4, -0.2) is 26.3 Å². The first kappa shape index (κ1) is 9.92. The van der Waals surface area contributed by atoms with Crippen molar-refractivity contribution in [3.63, 3.8) is 0 Å². The molecule has 0 amide bonds. The van der Waals surface area contributed by atoms with E-state index in [2.05, 4.69) is 26.1 Å². The van der Waals surface area contributed by atoms with E-state index in [1.165, 1.54) is 0 Å². The van der Waals surface area contributed by atoms with Gasteiger partial charge in [-0.3, -0.25) is 0 Å². The van der Waals surface area contributed by atoms with E-state index in [-0.39, 0.29) is 0 Å². The largest absolute Gasteiger partial charge is 0.383 e. The molecule has 0 aromatic heterocycles. The summed E-state index contributed by atoms with van der Waals surface area (Å²) in [5.41, 5.74) is 0. The van der Waals surface area contributed by atoms with Crippen LogP contribution in [0.1, 0.15) is 20.8 Å². The Kier molecular flexibility index (Phi) is 5.64. The maximum absolute atomic E-state index is 4.97. The van der Waals surface area contributed by atoms with Crippen molar-refractivity contribution in [1.82, 2.24) is 5.32 Å². The molecule has 2 nitrogen and oxygen atoms in total. The molecule has 0 aromatic rings. The molecule has 0 rings (SSSR count). The lowest BCUT2D eigenvalue weighted by atomic mass is 10.2. The molecular weight excluding hydrogens is 126 g/mol. The van der Waals surface area contributed by atoms with Crippen LogP contribution < -0.4 is 5.32 Å². The predicted octanol–water partition coefficient (Wildman–Crippen LogP) is 1.27. The molecule has 0 unspecified atom stereocenters. The normalized spacial score (nSPS) is 14.1. The molecule has 0 aromatic carbocycles. The Hall–Kier alpha value is -0.0800. The van der Waals surface area contributed by atoms with Gasteiger partial charge in [0, 0.05) is 13.2 Å². The van der Waals surface area contributed by atoms with E-state index in [9.17, 15) is 0 Å². The molecule has 0 saturated carbocycles. The third-order valence-corrected chi connectivity index (χ3v) is 1.29. The highest BCUT2D eigenvalue weighted by molar-refractivity contribution is 4.59. The van der Waals surface area contributed by atoms with Crippen LogP contribution in [0.25, 0.3) is 0 Å². The summed E-state index contributed by atoms with van der Waals surface area (Å²) in [6.07, 6.45) is 0. The van der Waals surface area contributed by atoms with Crippen molar-refractivity contribution in [2.45, 2.75) is 26.8 Å². The van der Waals surface area contributed by atoms with Crippen LogP contribution in [0.15, 0.2) is 0 Å². The van der Waals surface area contributed by atoms with E-state index >= 15 is 0 Å². The Bertz CT molecular complexity index is 73.7. The van der Waals surface area contributed by atoms with E-state index < -0.39 is 0 Å². The molecule has 2 heteroatoms. The fourth-order valence-corrected chi connectivity index (χ4v) is 0.746. The number of hydrogen-bond donors (Lipinski definition) is 1. The quantitative estimate of drug-likeness (QED) is 0.629. The zero-order valence-corrected chi connectivity index (χ0v) is 7.48. The zero-order chi connectivity index (χ0) is 7.98. The lowest BCUT2D eigenvalue weighted by Gasteiger charge is -2.13. The van der Waals surface area contributed by atoms with Gasteiger partial charge in [0.05, 0.1) is 6.61 Å².